The van der Waals surface area contributed by atoms with E-state index in [4.69, 9.17) is 10.2 Å². The quantitative estimate of drug-likeness (QED) is 0.767. The summed E-state index contributed by atoms with van der Waals surface area (Å²) in [5, 5.41) is 4.36. The van der Waals surface area contributed by atoms with Crippen molar-refractivity contribution < 1.29 is 8.81 Å². The Balaban J connectivity index is 2.22. The molecule has 19 heavy (non-hydrogen) atoms. The lowest BCUT2D eigenvalue weighted by atomic mass is 10.0. The number of nitrogens with two attached hydrogens (primary N) is 1. The van der Waals surface area contributed by atoms with Crippen molar-refractivity contribution in [2.75, 3.05) is 5.73 Å². The molecule has 96 valence electrons. The highest BCUT2D eigenvalue weighted by molar-refractivity contribution is 5.86. The van der Waals surface area contributed by atoms with Crippen LogP contribution in [0.15, 0.2) is 47.1 Å². The molecule has 0 radical (unpaired) electrons. The summed E-state index contributed by atoms with van der Waals surface area (Å²) in [5.41, 5.74) is 8.25. The first-order valence-corrected chi connectivity index (χ1v) is 5.79. The van der Waals surface area contributed by atoms with E-state index >= 15 is 0 Å². The second-order valence-electron chi connectivity index (χ2n) is 4.22. The zero-order valence-corrected chi connectivity index (χ0v) is 10.3. The number of hydrogen-bond acceptors (Lipinski definition) is 3. The first kappa shape index (κ1) is 11.5. The molecular formula is C14H12FN3O. The van der Waals surface area contributed by atoms with Gasteiger partial charge in [-0.05, 0) is 29.8 Å². The number of benzene rings is 1. The molecule has 2 N–H and O–H groups in total. The molecule has 0 amide bonds. The smallest absolute Gasteiger partial charge is 0.154 e. The molecule has 2 aromatic heterocycles. The highest BCUT2D eigenvalue weighted by Gasteiger charge is 2.18. The summed E-state index contributed by atoms with van der Waals surface area (Å²) in [7, 11) is 1.76. The van der Waals surface area contributed by atoms with Crippen LogP contribution >= 0.6 is 0 Å². The minimum atomic E-state index is -0.286. The van der Waals surface area contributed by atoms with E-state index in [2.05, 4.69) is 5.10 Å². The van der Waals surface area contributed by atoms with Crippen LogP contribution in [0.4, 0.5) is 10.2 Å². The molecule has 0 unspecified atom stereocenters. The van der Waals surface area contributed by atoms with Gasteiger partial charge in [-0.3, -0.25) is 4.68 Å². The van der Waals surface area contributed by atoms with Crippen LogP contribution in [0.2, 0.25) is 0 Å². The van der Waals surface area contributed by atoms with Gasteiger partial charge in [-0.25, -0.2) is 4.39 Å². The predicted octanol–water partition coefficient (Wildman–Crippen LogP) is 3.07. The highest BCUT2D eigenvalue weighted by atomic mass is 19.1. The minimum absolute atomic E-state index is 0.286. The Bertz CT molecular complexity index is 699. The number of anilines is 1. The maximum absolute atomic E-state index is 13.0. The molecule has 0 bridgehead atoms. The summed E-state index contributed by atoms with van der Waals surface area (Å²) in [6.07, 6.45) is 1.58. The third kappa shape index (κ3) is 1.89. The molecule has 0 saturated carbocycles. The topological polar surface area (TPSA) is 57.0 Å². The summed E-state index contributed by atoms with van der Waals surface area (Å²) in [5.74, 6) is 0.857. The van der Waals surface area contributed by atoms with Gasteiger partial charge in [0, 0.05) is 7.05 Å². The Hall–Kier alpha value is -2.56. The van der Waals surface area contributed by atoms with E-state index in [1.165, 1.54) is 12.1 Å². The maximum atomic E-state index is 13.0. The average molecular weight is 257 g/mol. The molecule has 0 fully saturated rings. The molecule has 5 heteroatoms. The van der Waals surface area contributed by atoms with Gasteiger partial charge in [0.25, 0.3) is 0 Å². The number of nitrogen functional groups attached to an aromatic ring is 1. The maximum Gasteiger partial charge on any atom is 0.154 e. The van der Waals surface area contributed by atoms with Crippen molar-refractivity contribution in [3.05, 3.63) is 48.5 Å². The van der Waals surface area contributed by atoms with Gasteiger partial charge in [-0.2, -0.15) is 5.10 Å². The second-order valence-corrected chi connectivity index (χ2v) is 4.22. The van der Waals surface area contributed by atoms with Crippen molar-refractivity contribution >= 4 is 5.82 Å². The molecule has 3 rings (SSSR count). The van der Waals surface area contributed by atoms with Crippen molar-refractivity contribution in [1.82, 2.24) is 9.78 Å². The van der Waals surface area contributed by atoms with Crippen LogP contribution < -0.4 is 5.73 Å². The minimum Gasteiger partial charge on any atom is -0.463 e. The molecule has 0 spiro atoms. The van der Waals surface area contributed by atoms with Gasteiger partial charge in [0.2, 0.25) is 0 Å². The Kier molecular flexibility index (Phi) is 2.59. The summed E-state index contributed by atoms with van der Waals surface area (Å²) in [6.45, 7) is 0. The fraction of sp³-hybridized carbons (Fsp3) is 0.0714. The normalized spacial score (nSPS) is 10.8. The summed E-state index contributed by atoms with van der Waals surface area (Å²) in [6, 6.07) is 9.75. The first-order chi connectivity index (χ1) is 9.16. The van der Waals surface area contributed by atoms with Crippen molar-refractivity contribution in [2.45, 2.75) is 0 Å². The number of rotatable bonds is 2. The molecule has 0 aliphatic carbocycles. The van der Waals surface area contributed by atoms with Crippen LogP contribution in [-0.2, 0) is 7.05 Å². The van der Waals surface area contributed by atoms with Crippen LogP contribution in [0.3, 0.4) is 0 Å². The fourth-order valence-corrected chi connectivity index (χ4v) is 2.02. The number of aromatic nitrogens is 2. The summed E-state index contributed by atoms with van der Waals surface area (Å²) < 4.78 is 20.0. The van der Waals surface area contributed by atoms with E-state index in [9.17, 15) is 4.39 Å². The van der Waals surface area contributed by atoms with Crippen LogP contribution in [0.25, 0.3) is 22.6 Å². The zero-order valence-electron chi connectivity index (χ0n) is 10.3. The molecule has 2 heterocycles. The van der Waals surface area contributed by atoms with E-state index in [-0.39, 0.29) is 5.82 Å². The Morgan fingerprint density at radius 1 is 1.21 bits per heavy atom. The SMILES string of the molecule is Cn1nc(-c2ccco2)c(-c2ccc(F)cc2)c1N. The van der Waals surface area contributed by atoms with E-state index in [1.54, 1.807) is 36.2 Å². The summed E-state index contributed by atoms with van der Waals surface area (Å²) >= 11 is 0. The molecule has 0 aliphatic heterocycles. The molecule has 0 atom stereocenters. The molecule has 0 aliphatic rings. The van der Waals surface area contributed by atoms with Crippen molar-refractivity contribution in [3.63, 3.8) is 0 Å². The Morgan fingerprint density at radius 2 is 1.95 bits per heavy atom. The van der Waals surface area contributed by atoms with E-state index < -0.39 is 0 Å². The van der Waals surface area contributed by atoms with E-state index in [0.717, 1.165) is 11.1 Å². The number of nitrogens with zero attached hydrogens (tertiary/aromatic N) is 2. The van der Waals surface area contributed by atoms with Crippen LogP contribution in [0, 0.1) is 5.82 Å². The Morgan fingerprint density at radius 3 is 2.58 bits per heavy atom. The molecular weight excluding hydrogens is 245 g/mol. The Labute approximate surface area is 109 Å². The van der Waals surface area contributed by atoms with Gasteiger partial charge < -0.3 is 10.2 Å². The lowest BCUT2D eigenvalue weighted by molar-refractivity contribution is 0.578. The average Bonchev–Trinajstić information content (AvgIpc) is 3.01. The van der Waals surface area contributed by atoms with Crippen molar-refractivity contribution in [2.24, 2.45) is 7.05 Å². The van der Waals surface area contributed by atoms with Crippen LogP contribution in [-0.4, -0.2) is 9.78 Å². The lowest BCUT2D eigenvalue weighted by Gasteiger charge is -2.02. The van der Waals surface area contributed by atoms with Gasteiger partial charge in [0.15, 0.2) is 5.76 Å². The van der Waals surface area contributed by atoms with Gasteiger partial charge in [-0.1, -0.05) is 12.1 Å². The first-order valence-electron chi connectivity index (χ1n) is 5.79. The van der Waals surface area contributed by atoms with E-state index in [1.807, 2.05) is 6.07 Å². The lowest BCUT2D eigenvalue weighted by Crippen LogP contribution is -1.97. The third-order valence-corrected chi connectivity index (χ3v) is 2.98. The largest absolute Gasteiger partial charge is 0.463 e. The second kappa shape index (κ2) is 4.28. The highest BCUT2D eigenvalue weighted by Crippen LogP contribution is 2.35. The van der Waals surface area contributed by atoms with Gasteiger partial charge in [-0.15, -0.1) is 0 Å². The monoisotopic (exact) mass is 257 g/mol. The number of hydrogen-bond donors (Lipinski definition) is 1. The van der Waals surface area contributed by atoms with Crippen LogP contribution in [0.5, 0.6) is 0 Å². The zero-order chi connectivity index (χ0) is 13.4. The van der Waals surface area contributed by atoms with Gasteiger partial charge >= 0.3 is 0 Å². The number of aryl methyl sites for hydroxylation is 1. The fourth-order valence-electron chi connectivity index (χ4n) is 2.02. The van der Waals surface area contributed by atoms with Crippen molar-refractivity contribution in [1.29, 1.82) is 0 Å². The van der Waals surface area contributed by atoms with E-state index in [0.29, 0.717) is 17.3 Å². The number of halogens is 1. The summed E-state index contributed by atoms with van der Waals surface area (Å²) in [4.78, 5) is 0. The number of furan rings is 1. The predicted molar refractivity (Wildman–Crippen MR) is 70.7 cm³/mol. The van der Waals surface area contributed by atoms with Crippen LogP contribution in [0.1, 0.15) is 0 Å². The molecule has 3 aromatic rings. The molecule has 0 saturated heterocycles. The molecule has 1 aromatic carbocycles. The molecule has 4 nitrogen and oxygen atoms in total. The van der Waals surface area contributed by atoms with Gasteiger partial charge in [0.1, 0.15) is 17.3 Å². The van der Waals surface area contributed by atoms with Gasteiger partial charge in [0.05, 0.1) is 11.8 Å². The van der Waals surface area contributed by atoms with Crippen molar-refractivity contribution in [3.8, 4) is 22.6 Å². The third-order valence-electron chi connectivity index (χ3n) is 2.98. The standard InChI is InChI=1S/C14H12FN3O/c1-18-14(16)12(9-4-6-10(15)7-5-9)13(17-18)11-3-2-8-19-11/h2-8H,16H2,1H3.